The van der Waals surface area contributed by atoms with Gasteiger partial charge in [-0.2, -0.15) is 0 Å². The highest BCUT2D eigenvalue weighted by atomic mass is 16.5. The zero-order chi connectivity index (χ0) is 20.2. The molecule has 2 aliphatic heterocycles. The molecule has 29 heavy (non-hydrogen) atoms. The number of hydrogen-bond acceptors (Lipinski definition) is 5. The van der Waals surface area contributed by atoms with Gasteiger partial charge in [0.25, 0.3) is 0 Å². The quantitative estimate of drug-likeness (QED) is 0.829. The first kappa shape index (κ1) is 20.3. The highest BCUT2D eigenvalue weighted by molar-refractivity contribution is 5.84. The van der Waals surface area contributed by atoms with Crippen LogP contribution in [0.4, 0.5) is 0 Å². The molecule has 0 bridgehead atoms. The van der Waals surface area contributed by atoms with Crippen LogP contribution in [0.1, 0.15) is 36.8 Å². The topological polar surface area (TPSA) is 80.5 Å². The lowest BCUT2D eigenvalue weighted by molar-refractivity contribution is -0.126. The molecular weight excluding hydrogens is 364 g/mol. The van der Waals surface area contributed by atoms with E-state index in [2.05, 4.69) is 34.3 Å². The fourth-order valence-corrected chi connectivity index (χ4v) is 4.70. The standard InChI is InChI=1S/C23H32N4O2/c1-16-4-7-22-20(3-2-10-25-22)21(16)13-26-23(28)17-5-6-18(24)15-27(14-17)19-8-11-29-12-9-19/h2-4,7,10,17-19H,5-6,8-9,11-15,24H2,1H3,(H,26,28)/t17-,18+/m1/s1. The first-order valence-corrected chi connectivity index (χ1v) is 10.8. The summed E-state index contributed by atoms with van der Waals surface area (Å²) >= 11 is 0. The Kier molecular flexibility index (Phi) is 6.43. The summed E-state index contributed by atoms with van der Waals surface area (Å²) in [5, 5.41) is 4.32. The van der Waals surface area contributed by atoms with Gasteiger partial charge in [0.2, 0.25) is 5.91 Å². The lowest BCUT2D eigenvalue weighted by atomic mass is 9.99. The smallest absolute Gasteiger partial charge is 0.224 e. The summed E-state index contributed by atoms with van der Waals surface area (Å²) in [5.41, 5.74) is 9.62. The Morgan fingerprint density at radius 1 is 1.21 bits per heavy atom. The molecule has 6 nitrogen and oxygen atoms in total. The van der Waals surface area contributed by atoms with E-state index in [1.54, 1.807) is 6.20 Å². The molecule has 0 radical (unpaired) electrons. The predicted molar refractivity (Wildman–Crippen MR) is 114 cm³/mol. The number of nitrogens with one attached hydrogen (secondary N) is 1. The first-order valence-electron chi connectivity index (χ1n) is 10.8. The molecule has 2 saturated heterocycles. The van der Waals surface area contributed by atoms with Crippen molar-refractivity contribution >= 4 is 16.8 Å². The molecule has 3 heterocycles. The van der Waals surface area contributed by atoms with Gasteiger partial charge in [-0.1, -0.05) is 12.1 Å². The monoisotopic (exact) mass is 396 g/mol. The largest absolute Gasteiger partial charge is 0.381 e. The lowest BCUT2D eigenvalue weighted by Crippen LogP contribution is -2.47. The van der Waals surface area contributed by atoms with Crippen molar-refractivity contribution in [1.82, 2.24) is 15.2 Å². The van der Waals surface area contributed by atoms with Crippen LogP contribution in [0, 0.1) is 12.8 Å². The number of likely N-dealkylation sites (tertiary alicyclic amines) is 1. The van der Waals surface area contributed by atoms with Gasteiger partial charge in [0.1, 0.15) is 0 Å². The number of rotatable bonds is 4. The molecule has 0 aliphatic carbocycles. The van der Waals surface area contributed by atoms with Crippen molar-refractivity contribution in [1.29, 1.82) is 0 Å². The Hall–Kier alpha value is -2.02. The summed E-state index contributed by atoms with van der Waals surface area (Å²) in [5.74, 6) is 0.122. The van der Waals surface area contributed by atoms with Crippen molar-refractivity contribution in [2.24, 2.45) is 11.7 Å². The van der Waals surface area contributed by atoms with Crippen LogP contribution in [0.2, 0.25) is 0 Å². The number of fused-ring (bicyclic) bond motifs is 1. The molecule has 1 amide bonds. The highest BCUT2D eigenvalue weighted by Crippen LogP contribution is 2.24. The SMILES string of the molecule is Cc1ccc2ncccc2c1CNC(=O)[C@@H]1CC[C@H](N)CN(C2CCOCC2)C1. The summed E-state index contributed by atoms with van der Waals surface area (Å²) in [6.07, 6.45) is 5.62. The minimum Gasteiger partial charge on any atom is -0.381 e. The Balaban J connectivity index is 1.44. The van der Waals surface area contributed by atoms with E-state index in [1.165, 1.54) is 5.56 Å². The average molecular weight is 397 g/mol. The maximum Gasteiger partial charge on any atom is 0.224 e. The van der Waals surface area contributed by atoms with Gasteiger partial charge in [0.15, 0.2) is 0 Å². The summed E-state index contributed by atoms with van der Waals surface area (Å²) in [4.78, 5) is 20.0. The maximum atomic E-state index is 13.1. The molecule has 1 aromatic heterocycles. The van der Waals surface area contributed by atoms with Gasteiger partial charge < -0.3 is 15.8 Å². The second-order valence-corrected chi connectivity index (χ2v) is 8.48. The highest BCUT2D eigenvalue weighted by Gasteiger charge is 2.31. The van der Waals surface area contributed by atoms with Crippen molar-refractivity contribution in [3.05, 3.63) is 41.6 Å². The van der Waals surface area contributed by atoms with Crippen LogP contribution >= 0.6 is 0 Å². The molecule has 0 saturated carbocycles. The Morgan fingerprint density at radius 3 is 2.86 bits per heavy atom. The molecule has 3 N–H and O–H groups in total. The van der Waals surface area contributed by atoms with Crippen molar-refractivity contribution in [2.75, 3.05) is 26.3 Å². The van der Waals surface area contributed by atoms with Crippen LogP contribution in [0.15, 0.2) is 30.5 Å². The zero-order valence-corrected chi connectivity index (χ0v) is 17.3. The second-order valence-electron chi connectivity index (χ2n) is 8.48. The zero-order valence-electron chi connectivity index (χ0n) is 17.3. The average Bonchev–Trinajstić information content (AvgIpc) is 2.95. The number of pyridine rings is 1. The molecule has 6 heteroatoms. The minimum absolute atomic E-state index is 0.0141. The molecule has 2 aromatic rings. The molecule has 0 unspecified atom stereocenters. The summed E-state index contributed by atoms with van der Waals surface area (Å²) in [6.45, 7) is 5.91. The number of ether oxygens (including phenoxy) is 1. The molecule has 2 aliphatic rings. The normalized spacial score (nSPS) is 24.3. The third kappa shape index (κ3) is 4.77. The molecule has 2 fully saturated rings. The number of aryl methyl sites for hydroxylation is 1. The van der Waals surface area contributed by atoms with E-state index in [9.17, 15) is 4.79 Å². The van der Waals surface area contributed by atoms with Crippen molar-refractivity contribution in [2.45, 2.75) is 51.2 Å². The van der Waals surface area contributed by atoms with E-state index in [4.69, 9.17) is 10.5 Å². The number of carbonyl (C=O) groups is 1. The van der Waals surface area contributed by atoms with E-state index in [1.807, 2.05) is 12.1 Å². The van der Waals surface area contributed by atoms with Crippen molar-refractivity contribution in [3.8, 4) is 0 Å². The minimum atomic E-state index is -0.0141. The molecular formula is C23H32N4O2. The van der Waals surface area contributed by atoms with E-state index >= 15 is 0 Å². The van der Waals surface area contributed by atoms with Crippen LogP contribution in [0.25, 0.3) is 10.9 Å². The maximum absolute atomic E-state index is 13.1. The second kappa shape index (κ2) is 9.20. The summed E-state index contributed by atoms with van der Waals surface area (Å²) in [6, 6.07) is 8.76. The fraction of sp³-hybridized carbons (Fsp3) is 0.565. The van der Waals surface area contributed by atoms with Gasteiger partial charge in [-0.3, -0.25) is 14.7 Å². The van der Waals surface area contributed by atoms with Gasteiger partial charge in [0.05, 0.1) is 11.4 Å². The number of nitrogens with zero attached hydrogens (tertiary/aromatic N) is 2. The van der Waals surface area contributed by atoms with Gasteiger partial charge >= 0.3 is 0 Å². The fourth-order valence-electron chi connectivity index (χ4n) is 4.70. The first-order chi connectivity index (χ1) is 14.1. The Labute approximate surface area is 172 Å². The number of carbonyl (C=O) groups excluding carboxylic acids is 1. The van der Waals surface area contributed by atoms with E-state index in [0.29, 0.717) is 12.6 Å². The van der Waals surface area contributed by atoms with Crippen molar-refractivity contribution < 1.29 is 9.53 Å². The Morgan fingerprint density at radius 2 is 2.03 bits per heavy atom. The molecule has 0 spiro atoms. The number of nitrogens with two attached hydrogens (primary N) is 1. The van der Waals surface area contributed by atoms with E-state index in [-0.39, 0.29) is 17.9 Å². The molecule has 156 valence electrons. The van der Waals surface area contributed by atoms with Crippen LogP contribution in [0.5, 0.6) is 0 Å². The van der Waals surface area contributed by atoms with Gasteiger partial charge in [-0.25, -0.2) is 0 Å². The predicted octanol–water partition coefficient (Wildman–Crippen LogP) is 2.38. The number of hydrogen-bond donors (Lipinski definition) is 2. The number of aromatic nitrogens is 1. The van der Waals surface area contributed by atoms with Gasteiger partial charge in [-0.15, -0.1) is 0 Å². The van der Waals surface area contributed by atoms with Crippen LogP contribution in [-0.2, 0) is 16.1 Å². The summed E-state index contributed by atoms with van der Waals surface area (Å²) in [7, 11) is 0. The van der Waals surface area contributed by atoms with Gasteiger partial charge in [0, 0.05) is 56.5 Å². The lowest BCUT2D eigenvalue weighted by Gasteiger charge is -2.35. The van der Waals surface area contributed by atoms with E-state index in [0.717, 1.165) is 68.5 Å². The van der Waals surface area contributed by atoms with Gasteiger partial charge in [-0.05, 0) is 55.9 Å². The summed E-state index contributed by atoms with van der Waals surface area (Å²) < 4.78 is 5.51. The number of benzene rings is 1. The third-order valence-corrected chi connectivity index (χ3v) is 6.46. The van der Waals surface area contributed by atoms with Crippen molar-refractivity contribution in [3.63, 3.8) is 0 Å². The third-order valence-electron chi connectivity index (χ3n) is 6.46. The molecule has 1 aromatic carbocycles. The van der Waals surface area contributed by atoms with E-state index < -0.39 is 0 Å². The number of amides is 1. The molecule has 4 rings (SSSR count). The Bertz CT molecular complexity index is 850. The van der Waals surface area contributed by atoms with Crippen LogP contribution < -0.4 is 11.1 Å². The molecule has 2 atom stereocenters. The van der Waals surface area contributed by atoms with Crippen LogP contribution in [-0.4, -0.2) is 54.2 Å². The van der Waals surface area contributed by atoms with Crippen LogP contribution in [0.3, 0.4) is 0 Å².